The second-order valence-electron chi connectivity index (χ2n) is 16.0. The maximum Gasteiger partial charge on any atom is 0.131 e. The van der Waals surface area contributed by atoms with Crippen LogP contribution in [0.1, 0.15) is 81.2 Å². The van der Waals surface area contributed by atoms with Crippen LogP contribution in [0, 0.1) is 0 Å². The second kappa shape index (κ2) is 17.6. The lowest BCUT2D eigenvalue weighted by Crippen LogP contribution is -2.44. The highest BCUT2D eigenvalue weighted by molar-refractivity contribution is 6.09. The monoisotopic (exact) mass is 800 g/mol. The first-order valence-corrected chi connectivity index (χ1v) is 21.6. The molecule has 0 radical (unpaired) electrons. The molecule has 3 atom stereocenters. The zero-order chi connectivity index (χ0) is 41.7. The lowest BCUT2D eigenvalue weighted by atomic mass is 9.83. The molecular weight excluding hydrogens is 753 g/mol. The van der Waals surface area contributed by atoms with Crippen molar-refractivity contribution >= 4 is 28.4 Å². The Balaban J connectivity index is 0.995. The van der Waals surface area contributed by atoms with Crippen LogP contribution in [-0.2, 0) is 0 Å². The summed E-state index contributed by atoms with van der Waals surface area (Å²) in [4.78, 5) is 5.26. The predicted molar refractivity (Wildman–Crippen MR) is 259 cm³/mol. The first-order valence-electron chi connectivity index (χ1n) is 21.6. The van der Waals surface area contributed by atoms with Gasteiger partial charge in [0.05, 0.1) is 11.4 Å². The molecule has 3 aliphatic rings. The first-order chi connectivity index (χ1) is 30.7. The molecule has 4 nitrogen and oxygen atoms in total. The number of aliphatic imine (C=N–C) groups is 1. The quantitative estimate of drug-likeness (QED) is 0.121. The minimum atomic E-state index is -0.255. The summed E-state index contributed by atoms with van der Waals surface area (Å²) in [6.45, 7) is 4.14. The molecule has 2 heterocycles. The van der Waals surface area contributed by atoms with Crippen LogP contribution in [0.25, 0.3) is 33.7 Å². The summed E-state index contributed by atoms with van der Waals surface area (Å²) in [5.41, 5.74) is 17.4. The summed E-state index contributed by atoms with van der Waals surface area (Å²) >= 11 is 0. The fourth-order valence-electron chi connectivity index (χ4n) is 8.94. The number of amidine groups is 1. The van der Waals surface area contributed by atoms with E-state index in [1.54, 1.807) is 0 Å². The molecule has 0 saturated heterocycles. The second-order valence-corrected chi connectivity index (χ2v) is 16.0. The Morgan fingerprint density at radius 1 is 0.581 bits per heavy atom. The number of nitrogens with zero attached hydrogens (tertiary/aromatic N) is 1. The van der Waals surface area contributed by atoms with Crippen LogP contribution >= 0.6 is 0 Å². The van der Waals surface area contributed by atoms with Gasteiger partial charge in [0.25, 0.3) is 0 Å². The van der Waals surface area contributed by atoms with Crippen molar-refractivity contribution in [1.29, 1.82) is 0 Å². The van der Waals surface area contributed by atoms with Crippen LogP contribution in [0.15, 0.2) is 230 Å². The number of hydrogen-bond donors (Lipinski definition) is 3. The van der Waals surface area contributed by atoms with E-state index in [1.165, 1.54) is 39.0 Å². The van der Waals surface area contributed by atoms with Gasteiger partial charge in [-0.15, -0.1) is 6.58 Å². The molecule has 0 spiro atoms. The van der Waals surface area contributed by atoms with Crippen molar-refractivity contribution < 1.29 is 0 Å². The Kier molecular flexibility index (Phi) is 11.0. The summed E-state index contributed by atoms with van der Waals surface area (Å²) in [7, 11) is 0. The van der Waals surface area contributed by atoms with Gasteiger partial charge >= 0.3 is 0 Å². The maximum absolute atomic E-state index is 5.26. The standard InChI is InChI=1S/C58H48N4/c1-2-18-50(43-21-9-4-10-22-43)55-52-30-16-15-29-51(52)53(54(59-55)45-23-11-5-12-24-45)44-35-31-42(32-36-44)48-27-17-28-49(39-48)58-61-56(46-25-13-6-14-26-46)60-57(62-58)47-37-33-41(34-38-47)40-19-7-3-8-20-40/h2-17,19,21-40,57-59,62H,1,18,20H2,(H,60,61)/b55-50+. The van der Waals surface area contributed by atoms with E-state index in [-0.39, 0.29) is 12.3 Å². The van der Waals surface area contributed by atoms with Crippen LogP contribution in [-0.4, -0.2) is 5.84 Å². The number of hydrogen-bond acceptors (Lipinski definition) is 4. The predicted octanol–water partition coefficient (Wildman–Crippen LogP) is 13.3. The number of rotatable bonds is 10. The van der Waals surface area contributed by atoms with Crippen LogP contribution in [0.2, 0.25) is 0 Å². The van der Waals surface area contributed by atoms with Crippen LogP contribution in [0.3, 0.4) is 0 Å². The molecule has 2 aliphatic heterocycles. The van der Waals surface area contributed by atoms with Crippen LogP contribution in [0.4, 0.5) is 0 Å². The first kappa shape index (κ1) is 38.7. The van der Waals surface area contributed by atoms with Crippen molar-refractivity contribution in [2.75, 3.05) is 0 Å². The van der Waals surface area contributed by atoms with E-state index in [0.29, 0.717) is 5.92 Å². The summed E-state index contributed by atoms with van der Waals surface area (Å²) in [5, 5.41) is 11.5. The van der Waals surface area contributed by atoms with E-state index in [0.717, 1.165) is 63.5 Å². The summed E-state index contributed by atoms with van der Waals surface area (Å²) in [6, 6.07) is 67.4. The fourth-order valence-corrected chi connectivity index (χ4v) is 8.94. The van der Waals surface area contributed by atoms with Gasteiger partial charge in [0.2, 0.25) is 0 Å². The van der Waals surface area contributed by atoms with Gasteiger partial charge < -0.3 is 10.6 Å². The van der Waals surface area contributed by atoms with E-state index in [2.05, 4.69) is 229 Å². The number of nitrogens with one attached hydrogen (secondary N) is 3. The van der Waals surface area contributed by atoms with Crippen LogP contribution in [0.5, 0.6) is 0 Å². The molecule has 0 aromatic heterocycles. The number of fused-ring (bicyclic) bond motifs is 1. The molecular formula is C58H48N4. The fraction of sp³-hybridized carbons (Fsp3) is 0.0862. The van der Waals surface area contributed by atoms with Crippen molar-refractivity contribution in [3.63, 3.8) is 0 Å². The molecule has 0 amide bonds. The third kappa shape index (κ3) is 7.92. The zero-order valence-corrected chi connectivity index (χ0v) is 34.6. The topological polar surface area (TPSA) is 48.5 Å². The van der Waals surface area contributed by atoms with Gasteiger partial charge in [-0.05, 0) is 74.6 Å². The molecule has 10 rings (SSSR count). The van der Waals surface area contributed by atoms with Gasteiger partial charge in [0.1, 0.15) is 18.2 Å². The molecule has 7 aromatic rings. The highest BCUT2D eigenvalue weighted by Crippen LogP contribution is 2.43. The molecule has 0 saturated carbocycles. The van der Waals surface area contributed by atoms with E-state index in [4.69, 9.17) is 4.99 Å². The van der Waals surface area contributed by atoms with Crippen molar-refractivity contribution in [3.8, 4) is 11.1 Å². The molecule has 300 valence electrons. The van der Waals surface area contributed by atoms with Gasteiger partial charge in [0, 0.05) is 22.6 Å². The van der Waals surface area contributed by atoms with Gasteiger partial charge in [-0.3, -0.25) is 5.32 Å². The van der Waals surface area contributed by atoms with E-state index >= 15 is 0 Å². The molecule has 0 bridgehead atoms. The summed E-state index contributed by atoms with van der Waals surface area (Å²) in [5.74, 6) is 1.29. The lowest BCUT2D eigenvalue weighted by Gasteiger charge is -2.32. The number of allylic oxidation sites excluding steroid dienone is 6. The van der Waals surface area contributed by atoms with Crippen molar-refractivity contribution in [2.45, 2.75) is 31.1 Å². The largest absolute Gasteiger partial charge is 0.354 e. The van der Waals surface area contributed by atoms with Gasteiger partial charge in [0.15, 0.2) is 0 Å². The zero-order valence-electron chi connectivity index (χ0n) is 34.6. The van der Waals surface area contributed by atoms with Gasteiger partial charge in [-0.2, -0.15) is 0 Å². The minimum Gasteiger partial charge on any atom is -0.354 e. The van der Waals surface area contributed by atoms with E-state index in [1.807, 2.05) is 12.1 Å². The summed E-state index contributed by atoms with van der Waals surface area (Å²) in [6.07, 6.45) is 12.2. The Bertz CT molecular complexity index is 2870. The highest BCUT2D eigenvalue weighted by Gasteiger charge is 2.28. The van der Waals surface area contributed by atoms with Gasteiger partial charge in [-0.1, -0.05) is 212 Å². The van der Waals surface area contributed by atoms with Gasteiger partial charge in [-0.25, -0.2) is 4.99 Å². The SMILES string of the molecule is C=CC/C(=C1\NC(c2ccccc2)=C(c2ccc(-c3cccc(C4N=C(c5ccccc5)NC(c5ccc(C6C=CC=CC6)cc5)N4)c3)cc2)c2ccccc21)c1ccccc1. The minimum absolute atomic E-state index is 0.124. The Labute approximate surface area is 365 Å². The van der Waals surface area contributed by atoms with E-state index < -0.39 is 0 Å². The molecule has 3 N–H and O–H groups in total. The van der Waals surface area contributed by atoms with Crippen LogP contribution < -0.4 is 16.0 Å². The van der Waals surface area contributed by atoms with E-state index in [9.17, 15) is 0 Å². The average molecular weight is 801 g/mol. The third-order valence-electron chi connectivity index (χ3n) is 12.1. The molecule has 62 heavy (non-hydrogen) atoms. The maximum atomic E-state index is 5.26. The molecule has 1 aliphatic carbocycles. The Hall–Kier alpha value is -7.53. The van der Waals surface area contributed by atoms with Crippen molar-refractivity contribution in [2.24, 2.45) is 4.99 Å². The molecule has 3 unspecified atom stereocenters. The normalized spacial score (nSPS) is 18.8. The smallest absolute Gasteiger partial charge is 0.131 e. The summed E-state index contributed by atoms with van der Waals surface area (Å²) < 4.78 is 0. The molecule has 4 heteroatoms. The number of benzene rings is 7. The van der Waals surface area contributed by atoms with Crippen molar-refractivity contribution in [3.05, 3.63) is 275 Å². The third-order valence-corrected chi connectivity index (χ3v) is 12.1. The Morgan fingerprint density at radius 2 is 1.23 bits per heavy atom. The molecule has 0 fully saturated rings. The highest BCUT2D eigenvalue weighted by atomic mass is 15.3. The van der Waals surface area contributed by atoms with Crippen molar-refractivity contribution in [1.82, 2.24) is 16.0 Å². The average Bonchev–Trinajstić information content (AvgIpc) is 3.36. The molecule has 7 aromatic carbocycles. The Morgan fingerprint density at radius 3 is 1.94 bits per heavy atom. The lowest BCUT2D eigenvalue weighted by molar-refractivity contribution is 0.409.